The number of para-hydroxylation sites is 1. The molecule has 27 heavy (non-hydrogen) atoms. The first-order chi connectivity index (χ1) is 12.9. The van der Waals surface area contributed by atoms with Crippen LogP contribution < -0.4 is 10.2 Å². The molecule has 0 saturated heterocycles. The van der Waals surface area contributed by atoms with Gasteiger partial charge in [-0.1, -0.05) is 50.2 Å². The van der Waals surface area contributed by atoms with Gasteiger partial charge >= 0.3 is 0 Å². The van der Waals surface area contributed by atoms with E-state index in [0.717, 1.165) is 11.3 Å². The second-order valence-electron chi connectivity index (χ2n) is 7.60. The molecule has 5 heteroatoms. The van der Waals surface area contributed by atoms with Crippen molar-refractivity contribution in [3.63, 3.8) is 0 Å². The van der Waals surface area contributed by atoms with Crippen molar-refractivity contribution in [3.8, 4) is 0 Å². The van der Waals surface area contributed by atoms with Crippen LogP contribution in [0.2, 0.25) is 0 Å². The zero-order valence-electron chi connectivity index (χ0n) is 15.8. The first kappa shape index (κ1) is 19.1. The molecule has 2 aromatic carbocycles. The maximum absolute atomic E-state index is 13.6. The Labute approximate surface area is 159 Å². The number of carbonyl (C=O) groups is 2. The topological polar surface area (TPSA) is 49.4 Å². The molecule has 142 valence electrons. The van der Waals surface area contributed by atoms with Crippen LogP contribution in [0.3, 0.4) is 0 Å². The van der Waals surface area contributed by atoms with E-state index in [-0.39, 0.29) is 29.6 Å². The third-order valence-electron chi connectivity index (χ3n) is 5.02. The highest BCUT2D eigenvalue weighted by Crippen LogP contribution is 2.39. The molecule has 3 rings (SSSR count). The largest absolute Gasteiger partial charge is 0.355 e. The van der Waals surface area contributed by atoms with Crippen LogP contribution in [0.15, 0.2) is 48.5 Å². The summed E-state index contributed by atoms with van der Waals surface area (Å²) in [5.74, 6) is -0.464. The molecule has 1 aliphatic rings. The summed E-state index contributed by atoms with van der Waals surface area (Å²) >= 11 is 0. The quantitative estimate of drug-likeness (QED) is 0.792. The third kappa shape index (κ3) is 4.35. The maximum atomic E-state index is 13.6. The van der Waals surface area contributed by atoms with Crippen LogP contribution in [-0.2, 0) is 21.4 Å². The highest BCUT2D eigenvalue weighted by Gasteiger charge is 2.36. The van der Waals surface area contributed by atoms with Crippen molar-refractivity contribution in [1.82, 2.24) is 5.32 Å². The van der Waals surface area contributed by atoms with E-state index in [2.05, 4.69) is 5.32 Å². The minimum absolute atomic E-state index is 0.00558. The summed E-state index contributed by atoms with van der Waals surface area (Å²) in [6.07, 6.45) is 1.58. The maximum Gasteiger partial charge on any atom is 0.240 e. The van der Waals surface area contributed by atoms with Gasteiger partial charge in [-0.05, 0) is 36.1 Å². The highest BCUT2D eigenvalue weighted by atomic mass is 19.1. The number of hydrogen-bond donors (Lipinski definition) is 1. The highest BCUT2D eigenvalue weighted by molar-refractivity contribution is 6.02. The fourth-order valence-corrected chi connectivity index (χ4v) is 3.57. The monoisotopic (exact) mass is 368 g/mol. The summed E-state index contributed by atoms with van der Waals surface area (Å²) in [7, 11) is 0. The van der Waals surface area contributed by atoms with E-state index in [1.807, 2.05) is 38.1 Å². The van der Waals surface area contributed by atoms with Gasteiger partial charge in [-0.3, -0.25) is 9.59 Å². The number of nitrogens with one attached hydrogen (secondary N) is 1. The van der Waals surface area contributed by atoms with Crippen molar-refractivity contribution in [1.29, 1.82) is 0 Å². The van der Waals surface area contributed by atoms with E-state index < -0.39 is 0 Å². The van der Waals surface area contributed by atoms with Crippen LogP contribution in [0, 0.1) is 5.82 Å². The Balaban J connectivity index is 1.56. The van der Waals surface area contributed by atoms with Crippen molar-refractivity contribution in [2.45, 2.75) is 38.5 Å². The lowest BCUT2D eigenvalue weighted by molar-refractivity contribution is -0.124. The number of carbonyl (C=O) groups excluding carboxylic acids is 2. The molecular formula is C22H25FN2O2. The molecule has 0 bridgehead atoms. The fraction of sp³-hybridized carbons (Fsp3) is 0.364. The Kier molecular flexibility index (Phi) is 5.59. The first-order valence-corrected chi connectivity index (χ1v) is 9.28. The van der Waals surface area contributed by atoms with Gasteiger partial charge in [0.25, 0.3) is 0 Å². The van der Waals surface area contributed by atoms with Crippen LogP contribution in [0.4, 0.5) is 10.1 Å². The number of anilines is 1. The molecule has 0 fully saturated rings. The number of hydrogen-bond acceptors (Lipinski definition) is 2. The molecule has 0 unspecified atom stereocenters. The molecule has 0 spiro atoms. The van der Waals surface area contributed by atoms with Gasteiger partial charge in [-0.15, -0.1) is 0 Å². The lowest BCUT2D eigenvalue weighted by atomic mass is 9.77. The minimum Gasteiger partial charge on any atom is -0.355 e. The van der Waals surface area contributed by atoms with Gasteiger partial charge in [-0.2, -0.15) is 0 Å². The Morgan fingerprint density at radius 2 is 1.85 bits per heavy atom. The van der Waals surface area contributed by atoms with E-state index in [1.165, 1.54) is 6.07 Å². The van der Waals surface area contributed by atoms with Gasteiger partial charge in [0.2, 0.25) is 11.8 Å². The summed E-state index contributed by atoms with van der Waals surface area (Å²) < 4.78 is 13.6. The molecule has 0 aromatic heterocycles. The van der Waals surface area contributed by atoms with Crippen molar-refractivity contribution >= 4 is 17.5 Å². The van der Waals surface area contributed by atoms with Gasteiger partial charge < -0.3 is 10.2 Å². The van der Waals surface area contributed by atoms with Crippen molar-refractivity contribution in [2.24, 2.45) is 0 Å². The van der Waals surface area contributed by atoms with Crippen LogP contribution in [0.5, 0.6) is 0 Å². The number of benzene rings is 2. The molecule has 0 saturated carbocycles. The summed E-state index contributed by atoms with van der Waals surface area (Å²) in [4.78, 5) is 26.5. The summed E-state index contributed by atoms with van der Waals surface area (Å²) in [5, 5.41) is 2.84. The molecule has 0 aliphatic carbocycles. The first-order valence-electron chi connectivity index (χ1n) is 9.28. The summed E-state index contributed by atoms with van der Waals surface area (Å²) in [6, 6.07) is 14.4. The van der Waals surface area contributed by atoms with Crippen LogP contribution in [-0.4, -0.2) is 24.9 Å². The SMILES string of the molecule is CC1(C)CC(=O)N(CC(=O)NCCCc2ccccc2F)c2ccccc21. The van der Waals surface area contributed by atoms with E-state index in [1.54, 1.807) is 23.1 Å². The van der Waals surface area contributed by atoms with Crippen molar-refractivity contribution < 1.29 is 14.0 Å². The average Bonchev–Trinajstić information content (AvgIpc) is 2.63. The van der Waals surface area contributed by atoms with Gasteiger partial charge in [0, 0.05) is 24.1 Å². The van der Waals surface area contributed by atoms with Crippen LogP contribution in [0.1, 0.15) is 37.8 Å². The van der Waals surface area contributed by atoms with E-state index >= 15 is 0 Å². The predicted octanol–water partition coefficient (Wildman–Crippen LogP) is 3.59. The standard InChI is InChI=1S/C22H25FN2O2/c1-22(2)14-21(27)25(19-12-6-4-10-17(19)22)15-20(26)24-13-7-9-16-8-3-5-11-18(16)23/h3-6,8,10-12H,7,9,13-15H2,1-2H3,(H,24,26). The number of nitrogens with zero attached hydrogens (tertiary/aromatic N) is 1. The second kappa shape index (κ2) is 7.91. The molecule has 0 radical (unpaired) electrons. The smallest absolute Gasteiger partial charge is 0.240 e. The molecule has 2 aromatic rings. The molecule has 1 aliphatic heterocycles. The molecule has 0 atom stereocenters. The molecule has 1 heterocycles. The lowest BCUT2D eigenvalue weighted by Gasteiger charge is -2.38. The van der Waals surface area contributed by atoms with Crippen LogP contribution >= 0.6 is 0 Å². The molecule has 4 nitrogen and oxygen atoms in total. The van der Waals surface area contributed by atoms with E-state index in [4.69, 9.17) is 0 Å². The third-order valence-corrected chi connectivity index (χ3v) is 5.02. The number of halogens is 1. The predicted molar refractivity (Wildman–Crippen MR) is 104 cm³/mol. The number of fused-ring (bicyclic) bond motifs is 1. The van der Waals surface area contributed by atoms with E-state index in [9.17, 15) is 14.0 Å². The average molecular weight is 368 g/mol. The Hall–Kier alpha value is -2.69. The second-order valence-corrected chi connectivity index (χ2v) is 7.60. The molecular weight excluding hydrogens is 343 g/mol. The van der Waals surface area contributed by atoms with Crippen molar-refractivity contribution in [2.75, 3.05) is 18.0 Å². The Bertz CT molecular complexity index is 848. The van der Waals surface area contributed by atoms with Crippen LogP contribution in [0.25, 0.3) is 0 Å². The molecule has 1 N–H and O–H groups in total. The Morgan fingerprint density at radius 1 is 1.15 bits per heavy atom. The zero-order chi connectivity index (χ0) is 19.4. The molecule has 2 amide bonds. The number of rotatable bonds is 6. The summed E-state index contributed by atoms with van der Waals surface area (Å²) in [6.45, 7) is 4.54. The van der Waals surface area contributed by atoms with Gasteiger partial charge in [0.1, 0.15) is 12.4 Å². The zero-order valence-corrected chi connectivity index (χ0v) is 15.8. The van der Waals surface area contributed by atoms with Crippen molar-refractivity contribution in [3.05, 3.63) is 65.5 Å². The van der Waals surface area contributed by atoms with Gasteiger partial charge in [0.05, 0.1) is 0 Å². The lowest BCUT2D eigenvalue weighted by Crippen LogP contribution is -2.46. The van der Waals surface area contributed by atoms with E-state index in [0.29, 0.717) is 31.4 Å². The minimum atomic E-state index is -0.236. The fourth-order valence-electron chi connectivity index (χ4n) is 3.57. The Morgan fingerprint density at radius 3 is 2.63 bits per heavy atom. The number of aryl methyl sites for hydroxylation is 1. The normalized spacial score (nSPS) is 15.4. The number of amides is 2. The van der Waals surface area contributed by atoms with Gasteiger partial charge in [0.15, 0.2) is 0 Å². The van der Waals surface area contributed by atoms with Gasteiger partial charge in [-0.25, -0.2) is 4.39 Å². The summed E-state index contributed by atoms with van der Waals surface area (Å²) in [5.41, 5.74) is 2.30.